The zero-order valence-corrected chi connectivity index (χ0v) is 15.0. The third-order valence-corrected chi connectivity index (χ3v) is 4.50. The Hall–Kier alpha value is -2.73. The lowest BCUT2D eigenvalue weighted by Crippen LogP contribution is -2.33. The maximum Gasteiger partial charge on any atom is 0.252 e. The number of amides is 2. The Morgan fingerprint density at radius 3 is 2.58 bits per heavy atom. The number of pyridine rings is 1. The quantitative estimate of drug-likeness (QED) is 0.864. The molecule has 1 aliphatic heterocycles. The Bertz CT molecular complexity index is 796. The number of rotatable bonds is 5. The third kappa shape index (κ3) is 4.08. The van der Waals surface area contributed by atoms with Crippen LogP contribution >= 0.6 is 0 Å². The van der Waals surface area contributed by atoms with Crippen LogP contribution in [0.4, 0.5) is 0 Å². The van der Waals surface area contributed by atoms with E-state index >= 15 is 0 Å². The van der Waals surface area contributed by atoms with E-state index < -0.39 is 0 Å². The summed E-state index contributed by atoms with van der Waals surface area (Å²) in [4.78, 5) is 28.3. The summed E-state index contributed by atoms with van der Waals surface area (Å²) in [7, 11) is 1.60. The topological polar surface area (TPSA) is 80.3 Å². The molecular weight excluding hydrogens is 330 g/mol. The van der Waals surface area contributed by atoms with Crippen LogP contribution in [-0.4, -0.2) is 36.6 Å². The Morgan fingerprint density at radius 2 is 1.96 bits per heavy atom. The summed E-state index contributed by atoms with van der Waals surface area (Å²) >= 11 is 0. The SMILES string of the molecule is CNC(=O)c1ccc(-c2ccc(CNC(=O)C3CCCO3)cc2)nc1C. The Balaban J connectivity index is 1.64. The van der Waals surface area contributed by atoms with E-state index in [1.165, 1.54) is 0 Å². The lowest BCUT2D eigenvalue weighted by atomic mass is 10.1. The molecule has 26 heavy (non-hydrogen) atoms. The third-order valence-electron chi connectivity index (χ3n) is 4.50. The standard InChI is InChI=1S/C20H23N3O3/c1-13-16(19(24)21-2)9-10-17(23-13)15-7-5-14(6-8-15)12-22-20(25)18-4-3-11-26-18/h5-10,18H,3-4,11-12H2,1-2H3,(H,21,24)(H,22,25). The Labute approximate surface area is 153 Å². The van der Waals surface area contributed by atoms with Gasteiger partial charge in [-0.2, -0.15) is 0 Å². The highest BCUT2D eigenvalue weighted by atomic mass is 16.5. The number of hydrogen-bond acceptors (Lipinski definition) is 4. The molecule has 6 nitrogen and oxygen atoms in total. The van der Waals surface area contributed by atoms with E-state index in [1.807, 2.05) is 37.3 Å². The summed E-state index contributed by atoms with van der Waals surface area (Å²) < 4.78 is 5.38. The van der Waals surface area contributed by atoms with Crippen LogP contribution in [0.2, 0.25) is 0 Å². The van der Waals surface area contributed by atoms with Crippen LogP contribution in [0.1, 0.15) is 34.5 Å². The number of benzene rings is 1. The fourth-order valence-corrected chi connectivity index (χ4v) is 2.98. The molecule has 1 aromatic heterocycles. The van der Waals surface area contributed by atoms with Crippen LogP contribution in [0.15, 0.2) is 36.4 Å². The van der Waals surface area contributed by atoms with Gasteiger partial charge in [0.15, 0.2) is 0 Å². The molecule has 2 amide bonds. The molecule has 2 heterocycles. The number of aromatic nitrogens is 1. The molecule has 0 radical (unpaired) electrons. The van der Waals surface area contributed by atoms with Crippen molar-refractivity contribution in [2.45, 2.75) is 32.4 Å². The summed E-state index contributed by atoms with van der Waals surface area (Å²) in [6.07, 6.45) is 1.43. The molecule has 0 saturated carbocycles. The monoisotopic (exact) mass is 353 g/mol. The van der Waals surface area contributed by atoms with Gasteiger partial charge in [0.2, 0.25) is 5.91 Å². The first-order chi connectivity index (χ1) is 12.6. The second-order valence-corrected chi connectivity index (χ2v) is 6.32. The van der Waals surface area contributed by atoms with Crippen LogP contribution in [0, 0.1) is 6.92 Å². The number of carbonyl (C=O) groups excluding carboxylic acids is 2. The van der Waals surface area contributed by atoms with E-state index in [0.29, 0.717) is 24.4 Å². The normalized spacial score (nSPS) is 16.3. The molecule has 0 spiro atoms. The first-order valence-corrected chi connectivity index (χ1v) is 8.77. The number of aryl methyl sites for hydroxylation is 1. The van der Waals surface area contributed by atoms with Gasteiger partial charge in [0.25, 0.3) is 5.91 Å². The fraction of sp³-hybridized carbons (Fsp3) is 0.350. The molecule has 136 valence electrons. The van der Waals surface area contributed by atoms with Crippen molar-refractivity contribution in [3.8, 4) is 11.3 Å². The van der Waals surface area contributed by atoms with Gasteiger partial charge in [-0.25, -0.2) is 0 Å². The van der Waals surface area contributed by atoms with Crippen molar-refractivity contribution >= 4 is 11.8 Å². The number of nitrogens with zero attached hydrogens (tertiary/aromatic N) is 1. The summed E-state index contributed by atoms with van der Waals surface area (Å²) in [5.74, 6) is -0.187. The van der Waals surface area contributed by atoms with Gasteiger partial charge >= 0.3 is 0 Å². The van der Waals surface area contributed by atoms with E-state index in [4.69, 9.17) is 4.74 Å². The minimum absolute atomic E-state index is 0.0475. The van der Waals surface area contributed by atoms with Gasteiger partial charge in [0, 0.05) is 25.8 Å². The Kier molecular flexibility index (Phi) is 5.63. The molecule has 1 unspecified atom stereocenters. The second kappa shape index (κ2) is 8.10. The van der Waals surface area contributed by atoms with Crippen LogP contribution in [0.5, 0.6) is 0 Å². The minimum Gasteiger partial charge on any atom is -0.368 e. The maximum absolute atomic E-state index is 12.0. The molecular formula is C20H23N3O3. The summed E-state index contributed by atoms with van der Waals surface area (Å²) in [5.41, 5.74) is 4.05. The van der Waals surface area contributed by atoms with Crippen molar-refractivity contribution in [2.24, 2.45) is 0 Å². The van der Waals surface area contributed by atoms with E-state index in [9.17, 15) is 9.59 Å². The predicted octanol–water partition coefficient (Wildman–Crippen LogP) is 2.21. The number of carbonyl (C=O) groups is 2. The van der Waals surface area contributed by atoms with Gasteiger partial charge in [-0.15, -0.1) is 0 Å². The molecule has 1 saturated heterocycles. The van der Waals surface area contributed by atoms with E-state index in [0.717, 1.165) is 29.7 Å². The molecule has 2 N–H and O–H groups in total. The molecule has 0 aliphatic carbocycles. The van der Waals surface area contributed by atoms with Gasteiger partial charge in [-0.1, -0.05) is 24.3 Å². The molecule has 2 aromatic rings. The zero-order chi connectivity index (χ0) is 18.5. The molecule has 0 bridgehead atoms. The van der Waals surface area contributed by atoms with Crippen LogP contribution in [0.3, 0.4) is 0 Å². The number of ether oxygens (including phenoxy) is 1. The largest absolute Gasteiger partial charge is 0.368 e. The molecule has 1 aliphatic rings. The molecule has 6 heteroatoms. The summed E-state index contributed by atoms with van der Waals surface area (Å²) in [5, 5.41) is 5.52. The first kappa shape index (κ1) is 18.1. The summed E-state index contributed by atoms with van der Waals surface area (Å²) in [6, 6.07) is 11.5. The maximum atomic E-state index is 12.0. The van der Waals surface area contributed by atoms with E-state index in [2.05, 4.69) is 15.6 Å². The molecule has 1 aromatic carbocycles. The number of hydrogen-bond donors (Lipinski definition) is 2. The zero-order valence-electron chi connectivity index (χ0n) is 15.0. The van der Waals surface area contributed by atoms with Crippen molar-refractivity contribution in [1.82, 2.24) is 15.6 Å². The lowest BCUT2D eigenvalue weighted by molar-refractivity contribution is -0.130. The smallest absolute Gasteiger partial charge is 0.252 e. The van der Waals surface area contributed by atoms with E-state index in [1.54, 1.807) is 13.1 Å². The van der Waals surface area contributed by atoms with Crippen molar-refractivity contribution < 1.29 is 14.3 Å². The van der Waals surface area contributed by atoms with Crippen molar-refractivity contribution in [2.75, 3.05) is 13.7 Å². The fourth-order valence-electron chi connectivity index (χ4n) is 2.98. The van der Waals surface area contributed by atoms with Gasteiger partial charge in [0.1, 0.15) is 6.10 Å². The highest BCUT2D eigenvalue weighted by Crippen LogP contribution is 2.20. The van der Waals surface area contributed by atoms with Gasteiger partial charge in [-0.05, 0) is 37.5 Å². The molecule has 3 rings (SSSR count). The summed E-state index contributed by atoms with van der Waals surface area (Å²) in [6.45, 7) is 2.96. The van der Waals surface area contributed by atoms with Gasteiger partial charge < -0.3 is 15.4 Å². The average molecular weight is 353 g/mol. The Morgan fingerprint density at radius 1 is 1.19 bits per heavy atom. The van der Waals surface area contributed by atoms with Crippen LogP contribution in [0.25, 0.3) is 11.3 Å². The van der Waals surface area contributed by atoms with Crippen molar-refractivity contribution in [1.29, 1.82) is 0 Å². The molecule has 1 fully saturated rings. The highest BCUT2D eigenvalue weighted by Gasteiger charge is 2.22. The second-order valence-electron chi connectivity index (χ2n) is 6.32. The lowest BCUT2D eigenvalue weighted by Gasteiger charge is -2.11. The van der Waals surface area contributed by atoms with E-state index in [-0.39, 0.29) is 17.9 Å². The van der Waals surface area contributed by atoms with Crippen molar-refractivity contribution in [3.63, 3.8) is 0 Å². The van der Waals surface area contributed by atoms with Crippen LogP contribution < -0.4 is 10.6 Å². The van der Waals surface area contributed by atoms with Gasteiger partial charge in [0.05, 0.1) is 17.0 Å². The van der Waals surface area contributed by atoms with Crippen LogP contribution in [-0.2, 0) is 16.1 Å². The number of nitrogens with one attached hydrogen (secondary N) is 2. The van der Waals surface area contributed by atoms with Crippen molar-refractivity contribution in [3.05, 3.63) is 53.2 Å². The molecule has 1 atom stereocenters. The first-order valence-electron chi connectivity index (χ1n) is 8.77. The highest BCUT2D eigenvalue weighted by molar-refractivity contribution is 5.95. The average Bonchev–Trinajstić information content (AvgIpc) is 3.21. The minimum atomic E-state index is -0.305. The van der Waals surface area contributed by atoms with Gasteiger partial charge in [-0.3, -0.25) is 14.6 Å². The predicted molar refractivity (Wildman–Crippen MR) is 98.6 cm³/mol.